The number of benzene rings is 1. The van der Waals surface area contributed by atoms with Crippen LogP contribution >= 0.6 is 27.3 Å². The Kier molecular flexibility index (Phi) is 4.98. The summed E-state index contributed by atoms with van der Waals surface area (Å²) in [6, 6.07) is 8.44. The van der Waals surface area contributed by atoms with E-state index in [-0.39, 0.29) is 11.6 Å². The van der Waals surface area contributed by atoms with Crippen LogP contribution in [-0.2, 0) is 0 Å². The van der Waals surface area contributed by atoms with Crippen molar-refractivity contribution in [3.8, 4) is 0 Å². The fourth-order valence-electron chi connectivity index (χ4n) is 1.75. The molecule has 0 saturated carbocycles. The number of carboxylic acid groups (broad SMARTS) is 1. The molecule has 110 valence electrons. The van der Waals surface area contributed by atoms with E-state index < -0.39 is 12.0 Å². The van der Waals surface area contributed by atoms with Gasteiger partial charge >= 0.3 is 12.0 Å². The van der Waals surface area contributed by atoms with Crippen LogP contribution in [0.2, 0.25) is 0 Å². The number of carboxylic acids is 1. The highest BCUT2D eigenvalue weighted by atomic mass is 79.9. The number of hydrogen-bond acceptors (Lipinski definition) is 3. The molecule has 0 aliphatic heterocycles. The van der Waals surface area contributed by atoms with Crippen molar-refractivity contribution in [3.63, 3.8) is 0 Å². The maximum atomic E-state index is 11.9. The fraction of sp³-hybridized carbons (Fsp3) is 0.143. The van der Waals surface area contributed by atoms with Crippen molar-refractivity contribution < 1.29 is 14.7 Å². The molecule has 0 aliphatic carbocycles. The number of thiophene rings is 1. The van der Waals surface area contributed by atoms with E-state index in [1.807, 2.05) is 31.2 Å². The van der Waals surface area contributed by atoms with E-state index in [1.165, 1.54) is 17.4 Å². The molecule has 0 unspecified atom stereocenters. The second kappa shape index (κ2) is 6.73. The van der Waals surface area contributed by atoms with Gasteiger partial charge in [-0.15, -0.1) is 11.3 Å². The van der Waals surface area contributed by atoms with Gasteiger partial charge < -0.3 is 10.4 Å². The summed E-state index contributed by atoms with van der Waals surface area (Å²) < 4.78 is 0.965. The molecule has 0 spiro atoms. The smallest absolute Gasteiger partial charge is 0.338 e. The van der Waals surface area contributed by atoms with Crippen LogP contribution < -0.4 is 10.6 Å². The van der Waals surface area contributed by atoms with Crippen LogP contribution in [0.5, 0.6) is 0 Å². The summed E-state index contributed by atoms with van der Waals surface area (Å²) in [7, 11) is 0. The second-order valence-electron chi connectivity index (χ2n) is 4.34. The van der Waals surface area contributed by atoms with Crippen molar-refractivity contribution >= 4 is 44.3 Å². The van der Waals surface area contributed by atoms with Crippen molar-refractivity contribution in [1.82, 2.24) is 5.32 Å². The van der Waals surface area contributed by atoms with Gasteiger partial charge in [0.1, 0.15) is 5.00 Å². The highest BCUT2D eigenvalue weighted by molar-refractivity contribution is 9.10. The van der Waals surface area contributed by atoms with Crippen LogP contribution in [0.3, 0.4) is 0 Å². The molecule has 0 radical (unpaired) electrons. The van der Waals surface area contributed by atoms with E-state index in [1.54, 1.807) is 5.38 Å². The number of nitrogens with one attached hydrogen (secondary N) is 2. The Labute approximate surface area is 134 Å². The summed E-state index contributed by atoms with van der Waals surface area (Å²) >= 11 is 4.52. The lowest BCUT2D eigenvalue weighted by Gasteiger charge is -2.15. The summed E-state index contributed by atoms with van der Waals surface area (Å²) in [6.07, 6.45) is 0. The van der Waals surface area contributed by atoms with Gasteiger partial charge in [0.25, 0.3) is 0 Å². The fourth-order valence-corrected chi connectivity index (χ4v) is 2.78. The molecule has 0 saturated heterocycles. The summed E-state index contributed by atoms with van der Waals surface area (Å²) in [5, 5.41) is 16.3. The number of carbonyl (C=O) groups is 2. The number of rotatable bonds is 4. The number of halogens is 1. The van der Waals surface area contributed by atoms with Gasteiger partial charge in [0.05, 0.1) is 11.6 Å². The molecule has 0 bridgehead atoms. The summed E-state index contributed by atoms with van der Waals surface area (Å²) in [4.78, 5) is 22.9. The van der Waals surface area contributed by atoms with Crippen molar-refractivity contribution in [1.29, 1.82) is 0 Å². The van der Waals surface area contributed by atoms with Gasteiger partial charge in [-0.25, -0.2) is 9.59 Å². The number of carbonyl (C=O) groups excluding carboxylic acids is 1. The molecule has 2 amide bonds. The Morgan fingerprint density at radius 1 is 1.24 bits per heavy atom. The minimum absolute atomic E-state index is 0.0893. The maximum absolute atomic E-state index is 11.9. The minimum Gasteiger partial charge on any atom is -0.478 e. The predicted octanol–water partition coefficient (Wildman–Crippen LogP) is 4.09. The lowest BCUT2D eigenvalue weighted by atomic mass is 10.1. The highest BCUT2D eigenvalue weighted by Crippen LogP contribution is 2.23. The Morgan fingerprint density at radius 2 is 1.90 bits per heavy atom. The third kappa shape index (κ3) is 4.05. The van der Waals surface area contributed by atoms with Gasteiger partial charge in [-0.3, -0.25) is 5.32 Å². The number of urea groups is 1. The third-order valence-corrected chi connectivity index (χ3v) is 4.20. The van der Waals surface area contributed by atoms with E-state index in [9.17, 15) is 9.59 Å². The molecule has 5 nitrogen and oxygen atoms in total. The van der Waals surface area contributed by atoms with Crippen molar-refractivity contribution in [3.05, 3.63) is 51.3 Å². The quantitative estimate of drug-likeness (QED) is 0.760. The van der Waals surface area contributed by atoms with Crippen LogP contribution in [0.25, 0.3) is 0 Å². The standard InChI is InChI=1S/C14H13BrN2O3S/c1-8(9-2-4-10(15)5-3-9)16-14(20)17-12-11(13(18)19)6-7-21-12/h2-8H,1H3,(H,18,19)(H2,16,17,20)/t8-/m0/s1. The first kappa shape index (κ1) is 15.5. The monoisotopic (exact) mass is 368 g/mol. The Balaban J connectivity index is 1.99. The molecule has 7 heteroatoms. The summed E-state index contributed by atoms with van der Waals surface area (Å²) in [6.45, 7) is 1.86. The van der Waals surface area contributed by atoms with E-state index in [4.69, 9.17) is 5.11 Å². The van der Waals surface area contributed by atoms with Crippen LogP contribution in [0.15, 0.2) is 40.2 Å². The average molecular weight is 369 g/mol. The minimum atomic E-state index is -1.06. The predicted molar refractivity (Wildman–Crippen MR) is 86.0 cm³/mol. The van der Waals surface area contributed by atoms with E-state index in [0.717, 1.165) is 10.0 Å². The molecule has 0 aliphatic rings. The number of aromatic carboxylic acids is 1. The first-order chi connectivity index (χ1) is 9.97. The van der Waals surface area contributed by atoms with Crippen molar-refractivity contribution in [2.45, 2.75) is 13.0 Å². The molecule has 1 aromatic heterocycles. The molecule has 21 heavy (non-hydrogen) atoms. The SMILES string of the molecule is C[C@H](NC(=O)Nc1sccc1C(=O)O)c1ccc(Br)cc1. The Hall–Kier alpha value is -1.86. The molecular weight excluding hydrogens is 356 g/mol. The molecule has 2 rings (SSSR count). The molecule has 1 heterocycles. The molecule has 1 atom stereocenters. The first-order valence-electron chi connectivity index (χ1n) is 6.11. The number of amides is 2. The third-order valence-electron chi connectivity index (χ3n) is 2.84. The lowest BCUT2D eigenvalue weighted by Crippen LogP contribution is -2.31. The van der Waals surface area contributed by atoms with Crippen molar-refractivity contribution in [2.24, 2.45) is 0 Å². The van der Waals surface area contributed by atoms with E-state index in [0.29, 0.717) is 5.00 Å². The summed E-state index contributed by atoms with van der Waals surface area (Å²) in [5.41, 5.74) is 1.05. The zero-order valence-corrected chi connectivity index (χ0v) is 13.5. The molecule has 0 fully saturated rings. The van der Waals surface area contributed by atoms with Gasteiger partial charge in [-0.05, 0) is 36.1 Å². The van der Waals surface area contributed by atoms with Gasteiger partial charge in [0.2, 0.25) is 0 Å². The van der Waals surface area contributed by atoms with Crippen LogP contribution in [-0.4, -0.2) is 17.1 Å². The number of anilines is 1. The first-order valence-corrected chi connectivity index (χ1v) is 7.78. The van der Waals surface area contributed by atoms with Gasteiger partial charge in [-0.2, -0.15) is 0 Å². The normalized spacial score (nSPS) is 11.7. The Morgan fingerprint density at radius 3 is 2.52 bits per heavy atom. The van der Waals surface area contributed by atoms with Crippen molar-refractivity contribution in [2.75, 3.05) is 5.32 Å². The van der Waals surface area contributed by atoms with Gasteiger partial charge in [0, 0.05) is 4.47 Å². The van der Waals surface area contributed by atoms with Crippen LogP contribution in [0, 0.1) is 0 Å². The largest absolute Gasteiger partial charge is 0.478 e. The zero-order valence-electron chi connectivity index (χ0n) is 11.1. The second-order valence-corrected chi connectivity index (χ2v) is 6.17. The molecule has 2 aromatic rings. The maximum Gasteiger partial charge on any atom is 0.338 e. The Bertz CT molecular complexity index is 654. The van der Waals surface area contributed by atoms with E-state index >= 15 is 0 Å². The topological polar surface area (TPSA) is 78.4 Å². The molecular formula is C14H13BrN2O3S. The van der Waals surface area contributed by atoms with E-state index in [2.05, 4.69) is 26.6 Å². The zero-order chi connectivity index (χ0) is 15.4. The lowest BCUT2D eigenvalue weighted by molar-refractivity contribution is 0.0698. The average Bonchev–Trinajstić information content (AvgIpc) is 2.87. The summed E-state index contributed by atoms with van der Waals surface area (Å²) in [5.74, 6) is -1.06. The van der Waals surface area contributed by atoms with Gasteiger partial charge in [0.15, 0.2) is 0 Å². The number of hydrogen-bond donors (Lipinski definition) is 3. The van der Waals surface area contributed by atoms with Gasteiger partial charge in [-0.1, -0.05) is 28.1 Å². The molecule has 1 aromatic carbocycles. The van der Waals surface area contributed by atoms with Crippen LogP contribution in [0.4, 0.5) is 9.80 Å². The molecule has 3 N–H and O–H groups in total. The van der Waals surface area contributed by atoms with Crippen LogP contribution in [0.1, 0.15) is 28.9 Å². The highest BCUT2D eigenvalue weighted by Gasteiger charge is 2.15.